The molecule has 190 valence electrons. The van der Waals surface area contributed by atoms with E-state index in [1.165, 1.54) is 0 Å². The van der Waals surface area contributed by atoms with E-state index in [1.807, 2.05) is 30.3 Å². The molecule has 0 aliphatic rings. The van der Waals surface area contributed by atoms with Crippen molar-refractivity contribution < 1.29 is 37.0 Å². The minimum absolute atomic E-state index is 0.0232. The molecule has 0 aromatic heterocycles. The summed E-state index contributed by atoms with van der Waals surface area (Å²) in [5.74, 6) is -3.01. The van der Waals surface area contributed by atoms with Gasteiger partial charge in [-0.15, -0.1) is 0 Å². The van der Waals surface area contributed by atoms with Gasteiger partial charge in [0.05, 0.1) is 0 Å². The first-order chi connectivity index (χ1) is 15.9. The molecule has 0 aliphatic heterocycles. The molecule has 0 saturated carbocycles. The molecule has 12 heteroatoms. The topological polar surface area (TPSA) is 118 Å². The zero-order valence-corrected chi connectivity index (χ0v) is 19.5. The maximum absolute atomic E-state index is 12.6. The molecule has 9 nitrogen and oxygen atoms in total. The Bertz CT molecular complexity index is 824. The number of aliphatic imine (C=N–C) groups is 1. The molecule has 0 unspecified atom stereocenters. The molecule has 1 rings (SSSR count). The van der Waals surface area contributed by atoms with Crippen molar-refractivity contribution in [3.63, 3.8) is 0 Å². The van der Waals surface area contributed by atoms with Crippen LogP contribution in [0.25, 0.3) is 0 Å². The number of esters is 1. The third-order valence-electron chi connectivity index (χ3n) is 3.86. The summed E-state index contributed by atoms with van der Waals surface area (Å²) in [7, 11) is 0. The van der Waals surface area contributed by atoms with E-state index in [0.717, 1.165) is 5.56 Å². The Morgan fingerprint density at radius 2 is 1.62 bits per heavy atom. The van der Waals surface area contributed by atoms with Crippen LogP contribution in [0.3, 0.4) is 0 Å². The van der Waals surface area contributed by atoms with Gasteiger partial charge in [-0.3, -0.25) is 19.9 Å². The molecule has 1 aromatic carbocycles. The van der Waals surface area contributed by atoms with Gasteiger partial charge < -0.3 is 20.1 Å². The predicted molar refractivity (Wildman–Crippen MR) is 119 cm³/mol. The Morgan fingerprint density at radius 3 is 2.24 bits per heavy atom. The van der Waals surface area contributed by atoms with E-state index in [2.05, 4.69) is 15.6 Å². The van der Waals surface area contributed by atoms with Crippen LogP contribution in [-0.4, -0.2) is 55.3 Å². The van der Waals surface area contributed by atoms with Gasteiger partial charge in [-0.2, -0.15) is 13.2 Å². The van der Waals surface area contributed by atoms with E-state index >= 15 is 0 Å². The monoisotopic (exact) mass is 488 g/mol. The predicted octanol–water partition coefficient (Wildman–Crippen LogP) is 3.05. The zero-order valence-electron chi connectivity index (χ0n) is 19.5. The number of halogens is 3. The number of rotatable bonds is 10. The zero-order chi connectivity index (χ0) is 25.6. The van der Waals surface area contributed by atoms with Gasteiger partial charge >= 0.3 is 24.1 Å². The average molecular weight is 489 g/mol. The summed E-state index contributed by atoms with van der Waals surface area (Å²) < 4.78 is 47.9. The molecule has 0 saturated heterocycles. The lowest BCUT2D eigenvalue weighted by atomic mass is 10.2. The molecular formula is C22H31F3N4O5. The van der Waals surface area contributed by atoms with Crippen molar-refractivity contribution in [3.05, 3.63) is 35.9 Å². The molecule has 0 bridgehead atoms. The van der Waals surface area contributed by atoms with Crippen molar-refractivity contribution in [2.75, 3.05) is 19.6 Å². The van der Waals surface area contributed by atoms with Crippen LogP contribution in [0.5, 0.6) is 0 Å². The summed E-state index contributed by atoms with van der Waals surface area (Å²) in [6.45, 7) is 5.53. The number of hydrogen-bond donors (Lipinski definition) is 3. The standard InChI is InChI=1S/C22H31F3N4O5/c1-21(2,3)34-20(32)28-14-8-13-27-19(29-18(31)22(23,24)25)26-12-7-11-17(30)33-15-16-9-5-4-6-10-16/h4-6,9-10H,7-8,11-15H2,1-3H3,(H,28,32)(H2,26,27,29,31). The number of carbonyl (C=O) groups is 3. The van der Waals surface area contributed by atoms with Crippen LogP contribution in [-0.2, 0) is 25.7 Å². The number of hydrogen-bond acceptors (Lipinski definition) is 6. The van der Waals surface area contributed by atoms with Crippen LogP contribution >= 0.6 is 0 Å². The second-order valence-corrected chi connectivity index (χ2v) is 8.14. The van der Waals surface area contributed by atoms with Gasteiger partial charge in [-0.25, -0.2) is 4.79 Å². The summed E-state index contributed by atoms with van der Waals surface area (Å²) in [5.41, 5.74) is 0.175. The summed E-state index contributed by atoms with van der Waals surface area (Å²) >= 11 is 0. The molecule has 3 N–H and O–H groups in total. The van der Waals surface area contributed by atoms with Gasteiger partial charge in [-0.1, -0.05) is 30.3 Å². The van der Waals surface area contributed by atoms with Crippen molar-refractivity contribution in [1.29, 1.82) is 0 Å². The Hall–Kier alpha value is -3.31. The maximum Gasteiger partial charge on any atom is 0.471 e. The number of amides is 2. The van der Waals surface area contributed by atoms with Gasteiger partial charge in [0.2, 0.25) is 0 Å². The lowest BCUT2D eigenvalue weighted by Gasteiger charge is -2.19. The largest absolute Gasteiger partial charge is 0.471 e. The van der Waals surface area contributed by atoms with Gasteiger partial charge in [0.15, 0.2) is 5.96 Å². The SMILES string of the molecule is CC(C)(C)OC(=O)NCCCN=C(NCCCC(=O)OCc1ccccc1)NC(=O)C(F)(F)F. The number of ether oxygens (including phenoxy) is 2. The fourth-order valence-corrected chi connectivity index (χ4v) is 2.34. The van der Waals surface area contributed by atoms with Crippen LogP contribution in [0.2, 0.25) is 0 Å². The highest BCUT2D eigenvalue weighted by atomic mass is 19.4. The van der Waals surface area contributed by atoms with Crippen molar-refractivity contribution in [1.82, 2.24) is 16.0 Å². The summed E-state index contributed by atoms with van der Waals surface area (Å²) in [6, 6.07) is 9.09. The van der Waals surface area contributed by atoms with E-state index in [1.54, 1.807) is 26.1 Å². The minimum Gasteiger partial charge on any atom is -0.461 e. The van der Waals surface area contributed by atoms with Gasteiger partial charge in [0.25, 0.3) is 0 Å². The van der Waals surface area contributed by atoms with E-state index in [0.29, 0.717) is 0 Å². The molecular weight excluding hydrogens is 457 g/mol. The third-order valence-corrected chi connectivity index (χ3v) is 3.86. The molecule has 0 aliphatic carbocycles. The van der Waals surface area contributed by atoms with E-state index in [9.17, 15) is 27.6 Å². The fraction of sp³-hybridized carbons (Fsp3) is 0.545. The smallest absolute Gasteiger partial charge is 0.461 e. The van der Waals surface area contributed by atoms with Crippen LogP contribution in [0.15, 0.2) is 35.3 Å². The first-order valence-electron chi connectivity index (χ1n) is 10.7. The molecule has 0 spiro atoms. The van der Waals surface area contributed by atoms with Crippen molar-refractivity contribution in [2.24, 2.45) is 4.99 Å². The third kappa shape index (κ3) is 14.0. The molecule has 34 heavy (non-hydrogen) atoms. The molecule has 0 fully saturated rings. The van der Waals surface area contributed by atoms with Crippen molar-refractivity contribution in [2.45, 2.75) is 58.4 Å². The average Bonchev–Trinajstić information content (AvgIpc) is 2.73. The van der Waals surface area contributed by atoms with E-state index in [-0.39, 0.29) is 51.5 Å². The highest BCUT2D eigenvalue weighted by molar-refractivity contribution is 5.99. The summed E-state index contributed by atoms with van der Waals surface area (Å²) in [4.78, 5) is 38.5. The lowest BCUT2D eigenvalue weighted by Crippen LogP contribution is -2.47. The first kappa shape index (κ1) is 28.7. The van der Waals surface area contributed by atoms with Gasteiger partial charge in [0.1, 0.15) is 12.2 Å². The molecule has 0 atom stereocenters. The number of guanidine groups is 1. The van der Waals surface area contributed by atoms with E-state index < -0.39 is 29.7 Å². The quantitative estimate of drug-likeness (QED) is 0.202. The van der Waals surface area contributed by atoms with Gasteiger partial charge in [-0.05, 0) is 39.2 Å². The maximum atomic E-state index is 12.6. The van der Waals surface area contributed by atoms with Crippen LogP contribution < -0.4 is 16.0 Å². The number of nitrogens with one attached hydrogen (secondary N) is 3. The second kappa shape index (κ2) is 14.1. The van der Waals surface area contributed by atoms with Crippen LogP contribution in [0.1, 0.15) is 45.6 Å². The Kier molecular flexibility index (Phi) is 11.9. The highest BCUT2D eigenvalue weighted by Gasteiger charge is 2.39. The fourth-order valence-electron chi connectivity index (χ4n) is 2.34. The highest BCUT2D eigenvalue weighted by Crippen LogP contribution is 2.14. The number of nitrogens with zero attached hydrogens (tertiary/aromatic N) is 1. The molecule has 1 aromatic rings. The Balaban J connectivity index is 2.43. The van der Waals surface area contributed by atoms with Gasteiger partial charge in [0, 0.05) is 26.1 Å². The number of carbonyl (C=O) groups excluding carboxylic acids is 3. The van der Waals surface area contributed by atoms with E-state index in [4.69, 9.17) is 9.47 Å². The Morgan fingerprint density at radius 1 is 0.971 bits per heavy atom. The van der Waals surface area contributed by atoms with Crippen molar-refractivity contribution >= 4 is 23.9 Å². The second-order valence-electron chi connectivity index (χ2n) is 8.14. The molecule has 0 heterocycles. The molecule has 0 radical (unpaired) electrons. The normalized spacial score (nSPS) is 12.0. The Labute approximate surface area is 196 Å². The number of alkyl carbamates (subject to hydrolysis) is 1. The minimum atomic E-state index is -5.08. The summed E-state index contributed by atoms with van der Waals surface area (Å²) in [6.07, 6.45) is -5.14. The molecule has 2 amide bonds. The summed E-state index contributed by atoms with van der Waals surface area (Å²) in [5, 5.41) is 6.75. The first-order valence-corrected chi connectivity index (χ1v) is 10.7. The van der Waals surface area contributed by atoms with Crippen molar-refractivity contribution in [3.8, 4) is 0 Å². The van der Waals surface area contributed by atoms with Crippen LogP contribution in [0.4, 0.5) is 18.0 Å². The number of alkyl halides is 3. The lowest BCUT2D eigenvalue weighted by molar-refractivity contribution is -0.171. The van der Waals surface area contributed by atoms with Crippen LogP contribution in [0, 0.1) is 0 Å². The number of benzene rings is 1.